The Morgan fingerprint density at radius 3 is 2.40 bits per heavy atom. The molecule has 1 atom stereocenters. The molecule has 0 amide bonds. The number of methoxy groups -OCH3 is 1. The molecule has 1 unspecified atom stereocenters. The molecule has 0 bridgehead atoms. The van der Waals surface area contributed by atoms with Crippen molar-refractivity contribution in [3.63, 3.8) is 0 Å². The summed E-state index contributed by atoms with van der Waals surface area (Å²) in [7, 11) is 1.37. The van der Waals surface area contributed by atoms with Gasteiger partial charge >= 0.3 is 5.97 Å². The molecule has 7 nitrogen and oxygen atoms in total. The summed E-state index contributed by atoms with van der Waals surface area (Å²) in [6, 6.07) is -0.445. The number of nitrogen functional groups attached to an aromatic ring is 1. The second-order valence-electron chi connectivity index (χ2n) is 4.83. The molecule has 1 heterocycles. The first-order chi connectivity index (χ1) is 9.44. The number of nitrogens with one attached hydrogen (secondary N) is 2. The summed E-state index contributed by atoms with van der Waals surface area (Å²) in [5.41, 5.74) is 3.32. The maximum atomic E-state index is 11.7. The number of hydrogen-bond donors (Lipinski definition) is 3. The number of aromatic nitrogens is 2. The number of nitrogens with two attached hydrogens (primary N) is 1. The van der Waals surface area contributed by atoms with Crippen molar-refractivity contribution in [2.45, 2.75) is 46.1 Å². The van der Waals surface area contributed by atoms with E-state index in [-0.39, 0.29) is 11.9 Å². The van der Waals surface area contributed by atoms with E-state index in [1.165, 1.54) is 7.11 Å². The van der Waals surface area contributed by atoms with Crippen molar-refractivity contribution >= 4 is 17.6 Å². The van der Waals surface area contributed by atoms with E-state index in [9.17, 15) is 4.79 Å². The van der Waals surface area contributed by atoms with Crippen LogP contribution in [0.15, 0.2) is 0 Å². The third-order valence-electron chi connectivity index (χ3n) is 3.02. The van der Waals surface area contributed by atoms with Gasteiger partial charge in [-0.25, -0.2) is 20.6 Å². The van der Waals surface area contributed by atoms with Gasteiger partial charge in [0, 0.05) is 11.5 Å². The average Bonchev–Trinajstić information content (AvgIpc) is 2.45. The van der Waals surface area contributed by atoms with Crippen molar-refractivity contribution in [2.24, 2.45) is 5.84 Å². The second kappa shape index (κ2) is 7.04. The van der Waals surface area contributed by atoms with Gasteiger partial charge in [-0.2, -0.15) is 0 Å². The summed E-state index contributed by atoms with van der Waals surface area (Å²) >= 11 is 0. The van der Waals surface area contributed by atoms with Gasteiger partial charge in [-0.1, -0.05) is 20.8 Å². The third kappa shape index (κ3) is 3.57. The zero-order chi connectivity index (χ0) is 15.3. The molecule has 1 aromatic rings. The summed E-state index contributed by atoms with van der Waals surface area (Å²) in [6.45, 7) is 7.72. The number of anilines is 2. The molecule has 1 rings (SSSR count). The van der Waals surface area contributed by atoms with E-state index in [4.69, 9.17) is 10.6 Å². The van der Waals surface area contributed by atoms with E-state index < -0.39 is 6.04 Å². The summed E-state index contributed by atoms with van der Waals surface area (Å²) in [5, 5.41) is 3.10. The van der Waals surface area contributed by atoms with Gasteiger partial charge in [-0.15, -0.1) is 0 Å². The fourth-order valence-electron chi connectivity index (χ4n) is 1.71. The van der Waals surface area contributed by atoms with Gasteiger partial charge in [0.05, 0.1) is 7.11 Å². The summed E-state index contributed by atoms with van der Waals surface area (Å²) in [5.74, 6) is 7.11. The van der Waals surface area contributed by atoms with Crippen LogP contribution in [-0.4, -0.2) is 29.1 Å². The largest absolute Gasteiger partial charge is 0.467 e. The van der Waals surface area contributed by atoms with E-state index in [0.29, 0.717) is 23.9 Å². The molecule has 4 N–H and O–H groups in total. The zero-order valence-electron chi connectivity index (χ0n) is 12.7. The number of nitrogens with zero attached hydrogens (tertiary/aromatic N) is 2. The lowest BCUT2D eigenvalue weighted by Crippen LogP contribution is -2.31. The van der Waals surface area contributed by atoms with Crippen LogP contribution in [0.2, 0.25) is 0 Å². The molecule has 0 aliphatic rings. The Bertz CT molecular complexity index is 476. The molecule has 0 saturated heterocycles. The molecule has 0 saturated carbocycles. The Hall–Kier alpha value is -1.89. The molecule has 0 spiro atoms. The van der Waals surface area contributed by atoms with Crippen LogP contribution in [0.5, 0.6) is 0 Å². The lowest BCUT2D eigenvalue weighted by Gasteiger charge is -2.19. The Morgan fingerprint density at radius 1 is 1.35 bits per heavy atom. The summed E-state index contributed by atoms with van der Waals surface area (Å²) in [4.78, 5) is 20.5. The standard InChI is InChI=1S/C13H23N5O2/c1-6-9(13(19)20-5)15-11-8(4)12(18-14)17-10(16-11)7(2)3/h7,9H,6,14H2,1-5H3,(H2,15,16,17,18). The Morgan fingerprint density at radius 2 is 1.95 bits per heavy atom. The van der Waals surface area contributed by atoms with Crippen LogP contribution < -0.4 is 16.6 Å². The molecule has 0 radical (unpaired) electrons. The number of hydrogen-bond acceptors (Lipinski definition) is 7. The van der Waals surface area contributed by atoms with Gasteiger partial charge in [0.1, 0.15) is 23.5 Å². The van der Waals surface area contributed by atoms with E-state index in [1.54, 1.807) is 0 Å². The van der Waals surface area contributed by atoms with Crippen molar-refractivity contribution in [1.29, 1.82) is 0 Å². The predicted molar refractivity (Wildman–Crippen MR) is 78.4 cm³/mol. The van der Waals surface area contributed by atoms with Crippen LogP contribution in [0.4, 0.5) is 11.6 Å². The molecule has 7 heteroatoms. The van der Waals surface area contributed by atoms with Gasteiger partial charge in [0.15, 0.2) is 0 Å². The Labute approximate surface area is 119 Å². The quantitative estimate of drug-likeness (QED) is 0.413. The molecular formula is C13H23N5O2. The van der Waals surface area contributed by atoms with Crippen LogP contribution in [0.25, 0.3) is 0 Å². The SMILES string of the molecule is CCC(Nc1nc(C(C)C)nc(NN)c1C)C(=O)OC. The number of carbonyl (C=O) groups excluding carboxylic acids is 1. The topological polar surface area (TPSA) is 102 Å². The minimum Gasteiger partial charge on any atom is -0.467 e. The Balaban J connectivity index is 3.15. The number of rotatable bonds is 6. The van der Waals surface area contributed by atoms with Crippen LogP contribution in [0, 0.1) is 6.92 Å². The predicted octanol–water partition coefficient (Wildman–Crippen LogP) is 1.56. The Kier molecular flexibility index (Phi) is 5.69. The smallest absolute Gasteiger partial charge is 0.328 e. The van der Waals surface area contributed by atoms with Gasteiger partial charge in [0.25, 0.3) is 0 Å². The fourth-order valence-corrected chi connectivity index (χ4v) is 1.71. The van der Waals surface area contributed by atoms with E-state index in [1.807, 2.05) is 27.7 Å². The third-order valence-corrected chi connectivity index (χ3v) is 3.02. The van der Waals surface area contributed by atoms with Crippen LogP contribution >= 0.6 is 0 Å². The molecule has 0 aliphatic heterocycles. The van der Waals surface area contributed by atoms with Crippen molar-refractivity contribution in [2.75, 3.05) is 17.9 Å². The highest BCUT2D eigenvalue weighted by Crippen LogP contribution is 2.23. The van der Waals surface area contributed by atoms with Crippen molar-refractivity contribution < 1.29 is 9.53 Å². The summed E-state index contributed by atoms with van der Waals surface area (Å²) in [6.07, 6.45) is 0.596. The minimum atomic E-state index is -0.445. The lowest BCUT2D eigenvalue weighted by molar-refractivity contribution is -0.141. The molecule has 20 heavy (non-hydrogen) atoms. The minimum absolute atomic E-state index is 0.154. The second-order valence-corrected chi connectivity index (χ2v) is 4.83. The highest BCUT2D eigenvalue weighted by molar-refractivity contribution is 5.79. The van der Waals surface area contributed by atoms with E-state index >= 15 is 0 Å². The zero-order valence-corrected chi connectivity index (χ0v) is 12.7. The fraction of sp³-hybridized carbons (Fsp3) is 0.615. The maximum absolute atomic E-state index is 11.7. The first-order valence-electron chi connectivity index (χ1n) is 6.64. The van der Waals surface area contributed by atoms with Gasteiger partial charge in [0.2, 0.25) is 0 Å². The number of ether oxygens (including phenoxy) is 1. The van der Waals surface area contributed by atoms with E-state index in [0.717, 1.165) is 5.56 Å². The van der Waals surface area contributed by atoms with Crippen LogP contribution in [0.1, 0.15) is 44.5 Å². The number of esters is 1. The highest BCUT2D eigenvalue weighted by atomic mass is 16.5. The summed E-state index contributed by atoms with van der Waals surface area (Å²) < 4.78 is 4.76. The normalized spacial score (nSPS) is 12.2. The van der Waals surface area contributed by atoms with Gasteiger partial charge < -0.3 is 15.5 Å². The molecular weight excluding hydrogens is 258 g/mol. The average molecular weight is 281 g/mol. The van der Waals surface area contributed by atoms with Crippen LogP contribution in [0.3, 0.4) is 0 Å². The molecule has 0 aliphatic carbocycles. The van der Waals surface area contributed by atoms with Crippen molar-refractivity contribution in [3.05, 3.63) is 11.4 Å². The van der Waals surface area contributed by atoms with E-state index in [2.05, 4.69) is 20.7 Å². The molecule has 0 aromatic carbocycles. The van der Waals surface area contributed by atoms with Crippen molar-refractivity contribution in [3.8, 4) is 0 Å². The lowest BCUT2D eigenvalue weighted by atomic mass is 10.2. The van der Waals surface area contributed by atoms with Crippen molar-refractivity contribution in [1.82, 2.24) is 9.97 Å². The molecule has 0 fully saturated rings. The van der Waals surface area contributed by atoms with Gasteiger partial charge in [-0.05, 0) is 13.3 Å². The first-order valence-corrected chi connectivity index (χ1v) is 6.64. The van der Waals surface area contributed by atoms with Gasteiger partial charge in [-0.3, -0.25) is 0 Å². The first kappa shape index (κ1) is 16.2. The number of carbonyl (C=O) groups is 1. The number of hydrazine groups is 1. The maximum Gasteiger partial charge on any atom is 0.328 e. The molecule has 112 valence electrons. The van der Waals surface area contributed by atoms with Crippen LogP contribution in [-0.2, 0) is 9.53 Å². The highest BCUT2D eigenvalue weighted by Gasteiger charge is 2.20. The molecule has 1 aromatic heterocycles. The monoisotopic (exact) mass is 281 g/mol.